The highest BCUT2D eigenvalue weighted by Gasteiger charge is 2.26. The molecule has 0 spiro atoms. The highest BCUT2D eigenvalue weighted by atomic mass is 35.5. The Morgan fingerprint density at radius 1 is 1.03 bits per heavy atom. The molecule has 0 saturated carbocycles. The number of benzene rings is 1. The molecule has 1 amide bonds. The number of hydrogen-bond acceptors (Lipinski definition) is 7. The van der Waals surface area contributed by atoms with Gasteiger partial charge in [-0.25, -0.2) is 9.97 Å². The smallest absolute Gasteiger partial charge is 0.292 e. The van der Waals surface area contributed by atoms with Crippen molar-refractivity contribution in [1.29, 1.82) is 0 Å². The van der Waals surface area contributed by atoms with Gasteiger partial charge in [0.1, 0.15) is 5.02 Å². The van der Waals surface area contributed by atoms with E-state index in [1.54, 1.807) is 23.2 Å². The van der Waals surface area contributed by atoms with E-state index in [9.17, 15) is 9.59 Å². The van der Waals surface area contributed by atoms with E-state index in [4.69, 9.17) is 17.3 Å². The first-order chi connectivity index (χ1) is 14.1. The van der Waals surface area contributed by atoms with Crippen molar-refractivity contribution in [1.82, 2.24) is 24.6 Å². The lowest BCUT2D eigenvalue weighted by molar-refractivity contribution is 0.0741. The quantitative estimate of drug-likeness (QED) is 0.689. The number of anilines is 2. The van der Waals surface area contributed by atoms with Crippen molar-refractivity contribution in [2.75, 3.05) is 36.8 Å². The SMILES string of the molecule is Nc1nccnc1C(=O)N1CCN(c2cnn(-c3ccccc3)c(=O)c2Cl)CC1. The first-order valence-electron chi connectivity index (χ1n) is 9.00. The fourth-order valence-corrected chi connectivity index (χ4v) is 3.46. The van der Waals surface area contributed by atoms with Gasteiger partial charge in [0.2, 0.25) is 0 Å². The van der Waals surface area contributed by atoms with Gasteiger partial charge in [-0.2, -0.15) is 9.78 Å². The molecule has 0 aliphatic carbocycles. The second-order valence-corrected chi connectivity index (χ2v) is 6.84. The number of nitrogens with zero attached hydrogens (tertiary/aromatic N) is 6. The number of rotatable bonds is 3. The number of halogens is 1. The normalized spacial score (nSPS) is 14.1. The molecule has 0 radical (unpaired) electrons. The molecule has 3 heterocycles. The lowest BCUT2D eigenvalue weighted by Crippen LogP contribution is -2.49. The molecule has 3 aromatic rings. The summed E-state index contributed by atoms with van der Waals surface area (Å²) in [6.07, 6.45) is 4.46. The third kappa shape index (κ3) is 3.64. The Kier molecular flexibility index (Phi) is 5.13. The minimum Gasteiger partial charge on any atom is -0.382 e. The highest BCUT2D eigenvalue weighted by molar-refractivity contribution is 6.33. The number of piperazine rings is 1. The fraction of sp³-hybridized carbons (Fsp3) is 0.211. The van der Waals surface area contributed by atoms with E-state index in [2.05, 4.69) is 15.1 Å². The molecule has 1 saturated heterocycles. The lowest BCUT2D eigenvalue weighted by atomic mass is 10.2. The monoisotopic (exact) mass is 411 g/mol. The molecule has 1 aliphatic heterocycles. The maximum Gasteiger partial charge on any atom is 0.292 e. The Bertz CT molecular complexity index is 1100. The summed E-state index contributed by atoms with van der Waals surface area (Å²) in [6, 6.07) is 9.08. The summed E-state index contributed by atoms with van der Waals surface area (Å²) >= 11 is 6.37. The molecule has 1 fully saturated rings. The molecule has 4 rings (SSSR count). The third-order valence-electron chi connectivity index (χ3n) is 4.74. The molecule has 0 atom stereocenters. The first-order valence-corrected chi connectivity index (χ1v) is 9.38. The summed E-state index contributed by atoms with van der Waals surface area (Å²) in [5, 5.41) is 4.36. The van der Waals surface area contributed by atoms with E-state index in [1.165, 1.54) is 17.1 Å². The van der Waals surface area contributed by atoms with Crippen LogP contribution in [0.25, 0.3) is 5.69 Å². The van der Waals surface area contributed by atoms with Crippen LogP contribution in [-0.4, -0.2) is 56.7 Å². The summed E-state index contributed by atoms with van der Waals surface area (Å²) in [4.78, 5) is 36.8. The summed E-state index contributed by atoms with van der Waals surface area (Å²) in [5.41, 5.74) is 6.70. The van der Waals surface area contributed by atoms with Crippen LogP contribution >= 0.6 is 11.6 Å². The Morgan fingerprint density at radius 2 is 1.72 bits per heavy atom. The predicted molar refractivity (Wildman–Crippen MR) is 109 cm³/mol. The number of carbonyl (C=O) groups is 1. The zero-order chi connectivity index (χ0) is 20.4. The second kappa shape index (κ2) is 7.88. The van der Waals surface area contributed by atoms with E-state index in [0.717, 1.165) is 0 Å². The van der Waals surface area contributed by atoms with Gasteiger partial charge in [-0.15, -0.1) is 0 Å². The molecule has 2 N–H and O–H groups in total. The molecular weight excluding hydrogens is 394 g/mol. The van der Waals surface area contributed by atoms with Crippen molar-refractivity contribution >= 4 is 29.0 Å². The first kappa shape index (κ1) is 18.9. The van der Waals surface area contributed by atoms with E-state index in [1.807, 2.05) is 23.1 Å². The number of amides is 1. The van der Waals surface area contributed by atoms with Gasteiger partial charge in [-0.3, -0.25) is 9.59 Å². The summed E-state index contributed by atoms with van der Waals surface area (Å²) in [5.74, 6) is -0.157. The minimum atomic E-state index is -0.388. The van der Waals surface area contributed by atoms with Crippen LogP contribution in [0, 0.1) is 0 Å². The standard InChI is InChI=1S/C19H18ClN7O2/c20-15-14(12-24-27(18(15)28)13-4-2-1-3-5-13)25-8-10-26(11-9-25)19(29)16-17(21)23-7-6-22-16/h1-7,12H,8-11H2,(H2,21,23). The number of carbonyl (C=O) groups excluding carboxylic acids is 1. The Hall–Kier alpha value is -3.46. The van der Waals surface area contributed by atoms with Crippen molar-refractivity contribution in [2.45, 2.75) is 0 Å². The number of nitrogens with two attached hydrogens (primary N) is 1. The second-order valence-electron chi connectivity index (χ2n) is 6.47. The van der Waals surface area contributed by atoms with Crippen molar-refractivity contribution in [3.8, 4) is 5.69 Å². The molecule has 2 aromatic heterocycles. The highest BCUT2D eigenvalue weighted by Crippen LogP contribution is 2.23. The molecular formula is C19H18ClN7O2. The van der Waals surface area contributed by atoms with E-state index in [0.29, 0.717) is 37.6 Å². The molecule has 9 nitrogen and oxygen atoms in total. The third-order valence-corrected chi connectivity index (χ3v) is 5.09. The molecule has 1 aliphatic rings. The van der Waals surface area contributed by atoms with Crippen LogP contribution in [0.3, 0.4) is 0 Å². The Morgan fingerprint density at radius 3 is 2.41 bits per heavy atom. The van der Waals surface area contributed by atoms with Gasteiger partial charge in [-0.05, 0) is 12.1 Å². The van der Waals surface area contributed by atoms with Crippen molar-refractivity contribution in [3.63, 3.8) is 0 Å². The lowest BCUT2D eigenvalue weighted by Gasteiger charge is -2.36. The zero-order valence-corrected chi connectivity index (χ0v) is 16.2. The Balaban J connectivity index is 1.50. The minimum absolute atomic E-state index is 0.0989. The molecule has 0 bridgehead atoms. The molecule has 1 aromatic carbocycles. The summed E-state index contributed by atoms with van der Waals surface area (Å²) < 4.78 is 1.27. The molecule has 0 unspecified atom stereocenters. The largest absolute Gasteiger partial charge is 0.382 e. The van der Waals surface area contributed by atoms with Crippen LogP contribution in [0.5, 0.6) is 0 Å². The van der Waals surface area contributed by atoms with E-state index >= 15 is 0 Å². The van der Waals surface area contributed by atoms with Crippen molar-refractivity contribution in [2.24, 2.45) is 0 Å². The van der Waals surface area contributed by atoms with Crippen LogP contribution < -0.4 is 16.2 Å². The van der Waals surface area contributed by atoms with Gasteiger partial charge in [0.25, 0.3) is 11.5 Å². The molecule has 10 heteroatoms. The van der Waals surface area contributed by atoms with Crippen LogP contribution in [-0.2, 0) is 0 Å². The van der Waals surface area contributed by atoms with Gasteiger partial charge in [0.05, 0.1) is 17.6 Å². The van der Waals surface area contributed by atoms with E-state index in [-0.39, 0.29) is 28.0 Å². The van der Waals surface area contributed by atoms with Gasteiger partial charge in [0.15, 0.2) is 11.5 Å². The maximum absolute atomic E-state index is 12.7. The summed E-state index contributed by atoms with van der Waals surface area (Å²) in [6.45, 7) is 1.88. The number of hydrogen-bond donors (Lipinski definition) is 1. The van der Waals surface area contributed by atoms with Gasteiger partial charge in [-0.1, -0.05) is 29.8 Å². The average molecular weight is 412 g/mol. The van der Waals surface area contributed by atoms with Gasteiger partial charge >= 0.3 is 0 Å². The Labute approximate surface area is 171 Å². The average Bonchev–Trinajstić information content (AvgIpc) is 2.76. The van der Waals surface area contributed by atoms with Crippen LogP contribution in [0.4, 0.5) is 11.5 Å². The van der Waals surface area contributed by atoms with E-state index < -0.39 is 0 Å². The van der Waals surface area contributed by atoms with Crippen LogP contribution in [0.2, 0.25) is 5.02 Å². The van der Waals surface area contributed by atoms with Crippen LogP contribution in [0.15, 0.2) is 53.7 Å². The molecule has 29 heavy (non-hydrogen) atoms. The van der Waals surface area contributed by atoms with Crippen molar-refractivity contribution in [3.05, 3.63) is 70.0 Å². The maximum atomic E-state index is 12.7. The zero-order valence-electron chi connectivity index (χ0n) is 15.4. The van der Waals surface area contributed by atoms with Gasteiger partial charge in [0, 0.05) is 38.6 Å². The number of para-hydroxylation sites is 1. The number of nitrogen functional groups attached to an aromatic ring is 1. The molecule has 148 valence electrons. The summed E-state index contributed by atoms with van der Waals surface area (Å²) in [7, 11) is 0. The topological polar surface area (TPSA) is 110 Å². The predicted octanol–water partition coefficient (Wildman–Crippen LogP) is 1.22. The van der Waals surface area contributed by atoms with Gasteiger partial charge < -0.3 is 15.5 Å². The number of aromatic nitrogens is 4. The van der Waals surface area contributed by atoms with Crippen molar-refractivity contribution < 1.29 is 4.79 Å². The fourth-order valence-electron chi connectivity index (χ4n) is 3.21. The van der Waals surface area contributed by atoms with Crippen LogP contribution in [0.1, 0.15) is 10.5 Å².